The molecule has 0 aliphatic heterocycles. The zero-order valence-electron chi connectivity index (χ0n) is 18.6. The number of hydrogen-bond acceptors (Lipinski definition) is 0. The highest BCUT2D eigenvalue weighted by atomic mass is 14.5. The Morgan fingerprint density at radius 2 is 1.44 bits per heavy atom. The molecule has 156 valence electrons. The van der Waals surface area contributed by atoms with Gasteiger partial charge in [0.1, 0.15) is 0 Å². The molecule has 6 aromatic carbocycles. The summed E-state index contributed by atoms with van der Waals surface area (Å²) in [4.78, 5) is 0. The average Bonchev–Trinajstić information content (AvgIpc) is 2.90. The topological polar surface area (TPSA) is 0 Å². The van der Waals surface area contributed by atoms with E-state index in [-0.39, 0.29) is 5.41 Å². The van der Waals surface area contributed by atoms with Crippen LogP contribution < -0.4 is 0 Å². The van der Waals surface area contributed by atoms with Crippen molar-refractivity contribution in [2.45, 2.75) is 11.8 Å². The first-order valence-corrected chi connectivity index (χ1v) is 12.2. The minimum atomic E-state index is -0.0875. The van der Waals surface area contributed by atoms with Gasteiger partial charge in [-0.2, -0.15) is 0 Å². The number of allylic oxidation sites excluding steroid dienone is 5. The van der Waals surface area contributed by atoms with E-state index in [2.05, 4.69) is 109 Å². The van der Waals surface area contributed by atoms with Crippen LogP contribution in [0.4, 0.5) is 0 Å². The summed E-state index contributed by atoms with van der Waals surface area (Å²) < 4.78 is 0. The van der Waals surface area contributed by atoms with E-state index in [1.54, 1.807) is 0 Å². The molecule has 0 fully saturated rings. The SMILES string of the molecule is C1=CCC23C=Cc4cc5c6ccccc6cc6ccc7cc(c2c4c7c65)-c2ccccc2C3=C1. The minimum absolute atomic E-state index is 0.0875. The first-order chi connectivity index (χ1) is 16.8. The molecule has 0 amide bonds. The first-order valence-electron chi connectivity index (χ1n) is 12.2. The molecule has 0 saturated carbocycles. The molecule has 0 nitrogen and oxygen atoms in total. The van der Waals surface area contributed by atoms with Crippen molar-refractivity contribution in [1.82, 2.24) is 0 Å². The van der Waals surface area contributed by atoms with Crippen LogP contribution in [0.25, 0.3) is 65.9 Å². The van der Waals surface area contributed by atoms with Crippen LogP contribution in [0.3, 0.4) is 0 Å². The van der Waals surface area contributed by atoms with Crippen molar-refractivity contribution >= 4 is 54.7 Å². The molecule has 0 radical (unpaired) electrons. The third-order valence-electron chi connectivity index (χ3n) is 8.58. The van der Waals surface area contributed by atoms with Gasteiger partial charge in [-0.1, -0.05) is 91.0 Å². The van der Waals surface area contributed by atoms with Crippen molar-refractivity contribution in [3.05, 3.63) is 120 Å². The number of rotatable bonds is 0. The largest absolute Gasteiger partial charge is 0.0830 e. The van der Waals surface area contributed by atoms with Crippen LogP contribution in [0.5, 0.6) is 0 Å². The number of hydrogen-bond donors (Lipinski definition) is 0. The Kier molecular flexibility index (Phi) is 2.89. The van der Waals surface area contributed by atoms with E-state index >= 15 is 0 Å². The van der Waals surface area contributed by atoms with Gasteiger partial charge in [-0.3, -0.25) is 0 Å². The van der Waals surface area contributed by atoms with Crippen molar-refractivity contribution in [1.29, 1.82) is 0 Å². The predicted octanol–water partition coefficient (Wildman–Crippen LogP) is 9.03. The molecule has 34 heavy (non-hydrogen) atoms. The Bertz CT molecular complexity index is 1980. The van der Waals surface area contributed by atoms with Crippen LogP contribution in [0, 0.1) is 0 Å². The van der Waals surface area contributed by atoms with Gasteiger partial charge in [0.15, 0.2) is 0 Å². The highest BCUT2D eigenvalue weighted by Gasteiger charge is 2.44. The Balaban J connectivity index is 1.58. The first kappa shape index (κ1) is 17.3. The van der Waals surface area contributed by atoms with Gasteiger partial charge in [-0.05, 0) is 101 Å². The van der Waals surface area contributed by atoms with Crippen LogP contribution >= 0.6 is 0 Å². The maximum atomic E-state index is 2.50. The van der Waals surface area contributed by atoms with E-state index in [4.69, 9.17) is 0 Å². The fraction of sp³-hybridized carbons (Fsp3) is 0.0588. The summed E-state index contributed by atoms with van der Waals surface area (Å²) in [5.41, 5.74) is 8.38. The van der Waals surface area contributed by atoms with Crippen molar-refractivity contribution < 1.29 is 0 Å². The summed E-state index contributed by atoms with van der Waals surface area (Å²) >= 11 is 0. The molecule has 0 heterocycles. The lowest BCUT2D eigenvalue weighted by atomic mass is 9.58. The number of fused-ring (bicyclic) bond motifs is 5. The molecular weight excluding hydrogens is 408 g/mol. The molecule has 1 spiro atoms. The van der Waals surface area contributed by atoms with Crippen molar-refractivity contribution in [2.24, 2.45) is 0 Å². The summed E-state index contributed by atoms with van der Waals surface area (Å²) in [6, 6.07) is 29.8. The normalized spacial score (nSPS) is 19.7. The number of benzene rings is 6. The fourth-order valence-corrected chi connectivity index (χ4v) is 7.24. The van der Waals surface area contributed by atoms with E-state index in [9.17, 15) is 0 Å². The minimum Gasteiger partial charge on any atom is -0.0830 e. The van der Waals surface area contributed by atoms with E-state index in [0.717, 1.165) is 6.42 Å². The Morgan fingerprint density at radius 3 is 2.38 bits per heavy atom. The zero-order valence-corrected chi connectivity index (χ0v) is 18.6. The Hall–Kier alpha value is -4.16. The van der Waals surface area contributed by atoms with Crippen LogP contribution in [-0.4, -0.2) is 0 Å². The second-order valence-electron chi connectivity index (χ2n) is 10.1. The van der Waals surface area contributed by atoms with Gasteiger partial charge in [-0.15, -0.1) is 0 Å². The highest BCUT2D eigenvalue weighted by molar-refractivity contribution is 6.32. The van der Waals surface area contributed by atoms with Crippen molar-refractivity contribution in [3.63, 3.8) is 0 Å². The van der Waals surface area contributed by atoms with Gasteiger partial charge < -0.3 is 0 Å². The monoisotopic (exact) mass is 428 g/mol. The summed E-state index contributed by atoms with van der Waals surface area (Å²) in [5, 5.41) is 11.0. The van der Waals surface area contributed by atoms with Gasteiger partial charge in [0.25, 0.3) is 0 Å². The molecule has 0 saturated heterocycles. The van der Waals surface area contributed by atoms with Crippen LogP contribution in [0.1, 0.15) is 23.1 Å². The molecule has 0 N–H and O–H groups in total. The smallest absolute Gasteiger partial charge is 0.0438 e. The lowest BCUT2D eigenvalue weighted by molar-refractivity contribution is 0.700. The van der Waals surface area contributed by atoms with Crippen LogP contribution in [-0.2, 0) is 5.41 Å². The molecule has 3 aliphatic rings. The second kappa shape index (κ2) is 5.66. The van der Waals surface area contributed by atoms with Crippen LogP contribution in [0.15, 0.2) is 103 Å². The maximum absolute atomic E-state index is 2.50. The summed E-state index contributed by atoms with van der Waals surface area (Å²) in [5.74, 6) is 0. The van der Waals surface area contributed by atoms with E-state index < -0.39 is 0 Å². The molecule has 1 atom stereocenters. The van der Waals surface area contributed by atoms with Crippen molar-refractivity contribution in [3.8, 4) is 11.1 Å². The van der Waals surface area contributed by atoms with E-state index in [1.165, 1.54) is 76.5 Å². The van der Waals surface area contributed by atoms with Gasteiger partial charge >= 0.3 is 0 Å². The quantitative estimate of drug-likeness (QED) is 0.167. The Labute approximate surface area is 197 Å². The second-order valence-corrected chi connectivity index (χ2v) is 10.1. The molecule has 3 aliphatic carbocycles. The van der Waals surface area contributed by atoms with Gasteiger partial charge in [0.05, 0.1) is 0 Å². The standard InChI is InChI=1S/C34H20/c1-2-8-24-20(7-1)17-21-12-13-22-19-28-25-9-3-4-10-26(25)29-11-5-6-15-34(29)16-14-23-18-27(24)30(21)31(22)32(23)33(28)34/h1-14,16-19H,15H2. The lowest BCUT2D eigenvalue weighted by Gasteiger charge is -2.44. The molecule has 0 bridgehead atoms. The molecular formula is C34H20. The zero-order chi connectivity index (χ0) is 22.0. The van der Waals surface area contributed by atoms with Crippen molar-refractivity contribution in [2.75, 3.05) is 0 Å². The average molecular weight is 429 g/mol. The van der Waals surface area contributed by atoms with E-state index in [1.807, 2.05) is 0 Å². The molecule has 0 aromatic heterocycles. The highest BCUT2D eigenvalue weighted by Crippen LogP contribution is 2.60. The molecule has 1 unspecified atom stereocenters. The summed E-state index contributed by atoms with van der Waals surface area (Å²) in [6.07, 6.45) is 12.9. The van der Waals surface area contributed by atoms with E-state index in [0.29, 0.717) is 0 Å². The summed E-state index contributed by atoms with van der Waals surface area (Å²) in [7, 11) is 0. The van der Waals surface area contributed by atoms with Gasteiger partial charge in [0, 0.05) is 5.41 Å². The third-order valence-corrected chi connectivity index (χ3v) is 8.58. The molecule has 6 aromatic rings. The lowest BCUT2D eigenvalue weighted by Crippen LogP contribution is -2.32. The molecule has 0 heteroatoms. The predicted molar refractivity (Wildman–Crippen MR) is 146 cm³/mol. The fourth-order valence-electron chi connectivity index (χ4n) is 7.24. The van der Waals surface area contributed by atoms with Crippen LogP contribution in [0.2, 0.25) is 0 Å². The third kappa shape index (κ3) is 1.82. The van der Waals surface area contributed by atoms with Gasteiger partial charge in [0.2, 0.25) is 0 Å². The maximum Gasteiger partial charge on any atom is 0.0438 e. The van der Waals surface area contributed by atoms with Gasteiger partial charge in [-0.25, -0.2) is 0 Å². The molecule has 9 rings (SSSR count). The summed E-state index contributed by atoms with van der Waals surface area (Å²) in [6.45, 7) is 0. The Morgan fingerprint density at radius 1 is 0.618 bits per heavy atom.